The fourth-order valence-corrected chi connectivity index (χ4v) is 4.85. The number of benzene rings is 1. The Labute approximate surface area is 186 Å². The minimum Gasteiger partial charge on any atom is -0.364 e. The standard InChI is InChI=1S/C23H19F4N5O/c24-16-3-1-2-15(21(16)13-6-8-28-9-7-13)22(33)32-14-4-5-18(32)17(10-14)31-20-12-29-19(11-30-20)23(25,26)27/h1-3,6-9,11-12,14,17-18H,4-5,10H2,(H,30,31)/t14-,17-,18+/m1/s1. The van der Waals surface area contributed by atoms with Crippen molar-refractivity contribution in [2.24, 2.45) is 0 Å². The molecule has 0 spiro atoms. The van der Waals surface area contributed by atoms with Gasteiger partial charge >= 0.3 is 6.18 Å². The van der Waals surface area contributed by atoms with E-state index < -0.39 is 17.7 Å². The number of carbonyl (C=O) groups is 1. The van der Waals surface area contributed by atoms with Gasteiger partial charge in [0, 0.05) is 24.0 Å². The first kappa shape index (κ1) is 21.3. The van der Waals surface area contributed by atoms with Gasteiger partial charge in [-0.25, -0.2) is 14.4 Å². The summed E-state index contributed by atoms with van der Waals surface area (Å²) in [4.78, 5) is 26.6. The van der Waals surface area contributed by atoms with Crippen molar-refractivity contribution in [3.05, 3.63) is 72.2 Å². The van der Waals surface area contributed by atoms with Gasteiger partial charge in [0.25, 0.3) is 5.91 Å². The molecule has 2 fully saturated rings. The molecule has 1 aromatic carbocycles. The van der Waals surface area contributed by atoms with Crippen LogP contribution in [0.15, 0.2) is 55.1 Å². The largest absolute Gasteiger partial charge is 0.434 e. The average Bonchev–Trinajstić information content (AvgIpc) is 3.36. The number of rotatable bonds is 4. The zero-order valence-corrected chi connectivity index (χ0v) is 17.3. The number of carbonyl (C=O) groups excluding carboxylic acids is 1. The zero-order chi connectivity index (χ0) is 23.2. The van der Waals surface area contributed by atoms with Gasteiger partial charge in [-0.3, -0.25) is 9.78 Å². The molecule has 0 unspecified atom stereocenters. The van der Waals surface area contributed by atoms with Crippen LogP contribution < -0.4 is 5.32 Å². The number of pyridine rings is 1. The van der Waals surface area contributed by atoms with Crippen LogP contribution in [-0.2, 0) is 6.18 Å². The highest BCUT2D eigenvalue weighted by Crippen LogP contribution is 2.41. The van der Waals surface area contributed by atoms with E-state index in [1.165, 1.54) is 12.1 Å². The lowest BCUT2D eigenvalue weighted by Crippen LogP contribution is -2.40. The predicted octanol–water partition coefficient (Wildman–Crippen LogP) is 4.55. The van der Waals surface area contributed by atoms with E-state index in [9.17, 15) is 22.4 Å². The number of aromatic nitrogens is 3. The minimum atomic E-state index is -4.56. The van der Waals surface area contributed by atoms with Crippen LogP contribution in [-0.4, -0.2) is 43.9 Å². The van der Waals surface area contributed by atoms with E-state index in [1.807, 2.05) is 0 Å². The van der Waals surface area contributed by atoms with Gasteiger partial charge in [0.1, 0.15) is 11.6 Å². The van der Waals surface area contributed by atoms with E-state index >= 15 is 0 Å². The zero-order valence-electron chi connectivity index (χ0n) is 17.3. The number of fused-ring (bicyclic) bond motifs is 2. The summed E-state index contributed by atoms with van der Waals surface area (Å²) in [5.41, 5.74) is 0.00243. The summed E-state index contributed by atoms with van der Waals surface area (Å²) in [6, 6.07) is 7.34. The van der Waals surface area contributed by atoms with Gasteiger partial charge in [0.15, 0.2) is 5.69 Å². The lowest BCUT2D eigenvalue weighted by Gasteiger charge is -2.26. The van der Waals surface area contributed by atoms with Crippen LogP contribution in [0.5, 0.6) is 0 Å². The van der Waals surface area contributed by atoms with Crippen molar-refractivity contribution in [2.45, 2.75) is 43.6 Å². The Kier molecular flexibility index (Phi) is 5.22. The normalized spacial score (nSPS) is 21.9. The number of hydrogen-bond acceptors (Lipinski definition) is 5. The lowest BCUT2D eigenvalue weighted by molar-refractivity contribution is -0.141. The van der Waals surface area contributed by atoms with Crippen LogP contribution in [0, 0.1) is 5.82 Å². The maximum absolute atomic E-state index is 14.8. The molecule has 0 aliphatic carbocycles. The maximum atomic E-state index is 14.8. The van der Waals surface area contributed by atoms with E-state index in [-0.39, 0.29) is 41.0 Å². The summed E-state index contributed by atoms with van der Waals surface area (Å²) < 4.78 is 53.0. The molecule has 170 valence electrons. The third kappa shape index (κ3) is 3.90. The first-order valence-corrected chi connectivity index (χ1v) is 10.5. The Morgan fingerprint density at radius 2 is 1.85 bits per heavy atom. The Balaban J connectivity index is 1.39. The molecule has 2 saturated heterocycles. The number of anilines is 1. The Bertz CT molecular complexity index is 1170. The summed E-state index contributed by atoms with van der Waals surface area (Å²) in [7, 11) is 0. The van der Waals surface area contributed by atoms with E-state index in [4.69, 9.17) is 0 Å². The van der Waals surface area contributed by atoms with Crippen molar-refractivity contribution in [1.29, 1.82) is 0 Å². The molecule has 3 aromatic rings. The Hall–Kier alpha value is -3.56. The van der Waals surface area contributed by atoms with Crippen LogP contribution in [0.1, 0.15) is 35.3 Å². The van der Waals surface area contributed by atoms with E-state index in [0.29, 0.717) is 18.2 Å². The number of alkyl halides is 3. The molecular weight excluding hydrogens is 438 g/mol. The Morgan fingerprint density at radius 1 is 1.06 bits per heavy atom. The third-order valence-electron chi connectivity index (χ3n) is 6.26. The second-order valence-corrected chi connectivity index (χ2v) is 8.18. The van der Waals surface area contributed by atoms with Gasteiger partial charge < -0.3 is 10.2 Å². The average molecular weight is 457 g/mol. The molecule has 6 nitrogen and oxygen atoms in total. The van der Waals surface area contributed by atoms with Gasteiger partial charge in [-0.1, -0.05) is 6.07 Å². The molecule has 3 atom stereocenters. The predicted molar refractivity (Wildman–Crippen MR) is 112 cm³/mol. The van der Waals surface area contributed by atoms with Crippen LogP contribution in [0.25, 0.3) is 11.1 Å². The first-order chi connectivity index (χ1) is 15.8. The van der Waals surface area contributed by atoms with Crippen molar-refractivity contribution in [1.82, 2.24) is 19.9 Å². The molecule has 5 rings (SSSR count). The highest BCUT2D eigenvalue weighted by molar-refractivity contribution is 6.01. The molecule has 2 bridgehead atoms. The highest BCUT2D eigenvalue weighted by atomic mass is 19.4. The van der Waals surface area contributed by atoms with Gasteiger partial charge in [-0.15, -0.1) is 0 Å². The highest BCUT2D eigenvalue weighted by Gasteiger charge is 2.49. The molecule has 0 radical (unpaired) electrons. The first-order valence-electron chi connectivity index (χ1n) is 10.5. The summed E-state index contributed by atoms with van der Waals surface area (Å²) >= 11 is 0. The summed E-state index contributed by atoms with van der Waals surface area (Å²) in [6.45, 7) is 0. The number of halogens is 4. The van der Waals surface area contributed by atoms with E-state index in [0.717, 1.165) is 19.0 Å². The van der Waals surface area contributed by atoms with Crippen molar-refractivity contribution in [2.75, 3.05) is 5.32 Å². The molecule has 1 N–H and O–H groups in total. The second kappa shape index (κ2) is 8.09. The monoisotopic (exact) mass is 457 g/mol. The smallest absolute Gasteiger partial charge is 0.364 e. The fourth-order valence-electron chi connectivity index (χ4n) is 4.85. The van der Waals surface area contributed by atoms with Crippen LogP contribution >= 0.6 is 0 Å². The summed E-state index contributed by atoms with van der Waals surface area (Å²) in [5.74, 6) is -0.541. The van der Waals surface area contributed by atoms with Crippen LogP contribution in [0.2, 0.25) is 0 Å². The fraction of sp³-hybridized carbons (Fsp3) is 0.304. The third-order valence-corrected chi connectivity index (χ3v) is 6.26. The van der Waals surface area contributed by atoms with Gasteiger partial charge in [0.2, 0.25) is 0 Å². The molecule has 2 aliphatic rings. The van der Waals surface area contributed by atoms with Crippen molar-refractivity contribution in [3.8, 4) is 11.1 Å². The van der Waals surface area contributed by atoms with Gasteiger partial charge in [-0.2, -0.15) is 13.2 Å². The van der Waals surface area contributed by atoms with Crippen LogP contribution in [0.3, 0.4) is 0 Å². The molecule has 2 aromatic heterocycles. The number of nitrogens with one attached hydrogen (secondary N) is 1. The SMILES string of the molecule is O=C(c1cccc(F)c1-c1ccncc1)N1[C@@H]2CC[C@H]1[C@H](Nc1cnc(C(F)(F)F)cn1)C2. The molecule has 1 amide bonds. The van der Waals surface area contributed by atoms with Gasteiger partial charge in [-0.05, 0) is 49.1 Å². The molecular formula is C23H19F4N5O. The second-order valence-electron chi connectivity index (χ2n) is 8.18. The maximum Gasteiger partial charge on any atom is 0.434 e. The summed E-state index contributed by atoms with van der Waals surface area (Å²) in [6.07, 6.45) is 2.44. The quantitative estimate of drug-likeness (QED) is 0.582. The van der Waals surface area contributed by atoms with Crippen molar-refractivity contribution in [3.63, 3.8) is 0 Å². The topological polar surface area (TPSA) is 71.0 Å². The molecule has 4 heterocycles. The van der Waals surface area contributed by atoms with Gasteiger partial charge in [0.05, 0.1) is 30.0 Å². The molecule has 33 heavy (non-hydrogen) atoms. The Morgan fingerprint density at radius 3 is 2.55 bits per heavy atom. The number of amides is 1. The van der Waals surface area contributed by atoms with E-state index in [1.54, 1.807) is 35.5 Å². The molecule has 2 aliphatic heterocycles. The van der Waals surface area contributed by atoms with Crippen molar-refractivity contribution < 1.29 is 22.4 Å². The number of hydrogen-bond donors (Lipinski definition) is 1. The van der Waals surface area contributed by atoms with E-state index in [2.05, 4.69) is 20.3 Å². The minimum absolute atomic E-state index is 0.0454. The van der Waals surface area contributed by atoms with Crippen LogP contribution in [0.4, 0.5) is 23.4 Å². The molecule has 0 saturated carbocycles. The lowest BCUT2D eigenvalue weighted by atomic mass is 9.95. The summed E-state index contributed by atoms with van der Waals surface area (Å²) in [5, 5.41) is 3.13. The number of nitrogens with zero attached hydrogens (tertiary/aromatic N) is 4. The van der Waals surface area contributed by atoms with Crippen molar-refractivity contribution >= 4 is 11.7 Å². The molecule has 10 heteroatoms.